The Kier molecular flexibility index (Phi) is 10.1. The third-order valence-electron chi connectivity index (χ3n) is 7.18. The largest absolute Gasteiger partial charge is 0.352 e. The first-order valence-corrected chi connectivity index (χ1v) is 12.3. The molecule has 3 aliphatic rings. The standard InChI is InChI=1S/C25H39N5O.HI/c1-26-25(28-23-13-16-30(19-23)24(31)20-9-3-4-10-20)27-17-21-11-5-6-12-22(21)18-29-14-7-2-8-15-29;/h5-6,11-12,20,23H,2-4,7-10,13-19H2,1H3,(H2,26,27,28);1H. The second-order valence-electron chi connectivity index (χ2n) is 9.43. The number of benzene rings is 1. The van der Waals surface area contributed by atoms with Crippen molar-refractivity contribution in [2.75, 3.05) is 33.2 Å². The number of carbonyl (C=O) groups is 1. The van der Waals surface area contributed by atoms with Gasteiger partial charge >= 0.3 is 0 Å². The van der Waals surface area contributed by atoms with Crippen LogP contribution in [0.4, 0.5) is 0 Å². The molecule has 6 nitrogen and oxygen atoms in total. The second-order valence-corrected chi connectivity index (χ2v) is 9.43. The predicted octanol–water partition coefficient (Wildman–Crippen LogP) is 3.75. The molecule has 178 valence electrons. The molecule has 7 heteroatoms. The molecule has 0 radical (unpaired) electrons. The van der Waals surface area contributed by atoms with Crippen LogP contribution in [0.2, 0.25) is 0 Å². The van der Waals surface area contributed by atoms with Crippen LogP contribution in [-0.2, 0) is 17.9 Å². The van der Waals surface area contributed by atoms with Crippen LogP contribution in [0.1, 0.15) is 62.5 Å². The van der Waals surface area contributed by atoms with E-state index in [1.165, 1.54) is 56.3 Å². The lowest BCUT2D eigenvalue weighted by molar-refractivity contribution is -0.134. The average Bonchev–Trinajstić information content (AvgIpc) is 3.50. The second kappa shape index (κ2) is 12.8. The molecule has 1 aliphatic carbocycles. The maximum atomic E-state index is 12.7. The number of rotatable bonds is 6. The Morgan fingerprint density at radius 3 is 2.44 bits per heavy atom. The quantitative estimate of drug-likeness (QED) is 0.320. The summed E-state index contributed by atoms with van der Waals surface area (Å²) in [5, 5.41) is 7.05. The molecule has 3 fully saturated rings. The first-order valence-electron chi connectivity index (χ1n) is 12.3. The van der Waals surface area contributed by atoms with Gasteiger partial charge in [0.15, 0.2) is 5.96 Å². The minimum absolute atomic E-state index is 0. The Morgan fingerprint density at radius 1 is 1.00 bits per heavy atom. The lowest BCUT2D eigenvalue weighted by Gasteiger charge is -2.27. The van der Waals surface area contributed by atoms with Crippen molar-refractivity contribution >= 4 is 35.8 Å². The van der Waals surface area contributed by atoms with Crippen LogP contribution in [-0.4, -0.2) is 60.9 Å². The summed E-state index contributed by atoms with van der Waals surface area (Å²) in [5.41, 5.74) is 2.74. The summed E-state index contributed by atoms with van der Waals surface area (Å²) < 4.78 is 0. The minimum atomic E-state index is 0. The van der Waals surface area contributed by atoms with Crippen LogP contribution in [0.15, 0.2) is 29.3 Å². The molecule has 2 aliphatic heterocycles. The predicted molar refractivity (Wildman–Crippen MR) is 141 cm³/mol. The number of carbonyl (C=O) groups excluding carboxylic acids is 1. The molecule has 0 aromatic heterocycles. The van der Waals surface area contributed by atoms with Crippen molar-refractivity contribution in [2.24, 2.45) is 10.9 Å². The van der Waals surface area contributed by atoms with Gasteiger partial charge in [0.05, 0.1) is 0 Å². The Labute approximate surface area is 210 Å². The van der Waals surface area contributed by atoms with Crippen LogP contribution < -0.4 is 10.6 Å². The Bertz CT molecular complexity index is 758. The van der Waals surface area contributed by atoms with Gasteiger partial charge in [0.2, 0.25) is 5.91 Å². The number of hydrogen-bond acceptors (Lipinski definition) is 3. The highest BCUT2D eigenvalue weighted by atomic mass is 127. The van der Waals surface area contributed by atoms with E-state index >= 15 is 0 Å². The molecule has 32 heavy (non-hydrogen) atoms. The maximum Gasteiger partial charge on any atom is 0.225 e. The van der Waals surface area contributed by atoms with E-state index in [2.05, 4.69) is 49.7 Å². The first kappa shape index (κ1) is 25.3. The summed E-state index contributed by atoms with van der Waals surface area (Å²) in [4.78, 5) is 21.8. The van der Waals surface area contributed by atoms with Gasteiger partial charge in [0.1, 0.15) is 0 Å². The summed E-state index contributed by atoms with van der Waals surface area (Å²) in [6, 6.07) is 9.02. The summed E-state index contributed by atoms with van der Waals surface area (Å²) in [6.45, 7) is 5.88. The van der Waals surface area contributed by atoms with Crippen LogP contribution in [0.3, 0.4) is 0 Å². The van der Waals surface area contributed by atoms with E-state index in [1.54, 1.807) is 0 Å². The topological polar surface area (TPSA) is 60.0 Å². The number of halogens is 1. The average molecular weight is 554 g/mol. The van der Waals surface area contributed by atoms with E-state index in [0.29, 0.717) is 5.91 Å². The van der Waals surface area contributed by atoms with Gasteiger partial charge in [-0.05, 0) is 56.3 Å². The highest BCUT2D eigenvalue weighted by molar-refractivity contribution is 14.0. The zero-order valence-electron chi connectivity index (χ0n) is 19.5. The van der Waals surface area contributed by atoms with E-state index in [1.807, 2.05) is 7.05 Å². The number of guanidine groups is 1. The van der Waals surface area contributed by atoms with Crippen LogP contribution in [0.25, 0.3) is 0 Å². The Hall–Kier alpha value is -1.35. The molecular weight excluding hydrogens is 513 g/mol. The molecule has 1 unspecified atom stereocenters. The van der Waals surface area contributed by atoms with Gasteiger partial charge in [-0.25, -0.2) is 0 Å². The molecule has 0 bridgehead atoms. The summed E-state index contributed by atoms with van der Waals surface area (Å²) in [7, 11) is 1.82. The smallest absolute Gasteiger partial charge is 0.225 e. The lowest BCUT2D eigenvalue weighted by Crippen LogP contribution is -2.45. The summed E-state index contributed by atoms with van der Waals surface area (Å²) in [5.74, 6) is 1.47. The van der Waals surface area contributed by atoms with Gasteiger partial charge in [-0.1, -0.05) is 43.5 Å². The molecule has 4 rings (SSSR count). The fourth-order valence-corrected chi connectivity index (χ4v) is 5.32. The monoisotopic (exact) mass is 553 g/mol. The van der Waals surface area contributed by atoms with Gasteiger partial charge < -0.3 is 15.5 Å². The van der Waals surface area contributed by atoms with Crippen molar-refractivity contribution in [3.05, 3.63) is 35.4 Å². The molecule has 2 saturated heterocycles. The highest BCUT2D eigenvalue weighted by Gasteiger charge is 2.32. The van der Waals surface area contributed by atoms with E-state index in [-0.39, 0.29) is 35.9 Å². The minimum Gasteiger partial charge on any atom is -0.352 e. The molecule has 2 heterocycles. The van der Waals surface area contributed by atoms with Crippen molar-refractivity contribution in [1.82, 2.24) is 20.4 Å². The van der Waals surface area contributed by atoms with E-state index in [0.717, 1.165) is 51.4 Å². The fraction of sp³-hybridized carbons (Fsp3) is 0.680. The summed E-state index contributed by atoms with van der Waals surface area (Å²) in [6.07, 6.45) is 9.57. The Morgan fingerprint density at radius 2 is 1.72 bits per heavy atom. The molecular formula is C25H40IN5O. The maximum absolute atomic E-state index is 12.7. The van der Waals surface area contributed by atoms with Gasteiger partial charge in [0.25, 0.3) is 0 Å². The van der Waals surface area contributed by atoms with E-state index < -0.39 is 0 Å². The number of hydrogen-bond donors (Lipinski definition) is 2. The third kappa shape index (κ3) is 6.83. The van der Waals surface area contributed by atoms with E-state index in [4.69, 9.17) is 0 Å². The Balaban J connectivity index is 0.00000289. The molecule has 1 amide bonds. The number of piperidine rings is 1. The van der Waals surface area contributed by atoms with Gasteiger partial charge in [-0.2, -0.15) is 0 Å². The van der Waals surface area contributed by atoms with Crippen LogP contribution >= 0.6 is 24.0 Å². The summed E-state index contributed by atoms with van der Waals surface area (Å²) >= 11 is 0. The fourth-order valence-electron chi connectivity index (χ4n) is 5.32. The molecule has 1 aromatic rings. The lowest BCUT2D eigenvalue weighted by atomic mass is 10.0. The zero-order chi connectivity index (χ0) is 21.5. The van der Waals surface area contributed by atoms with Gasteiger partial charge in [-0.3, -0.25) is 14.7 Å². The van der Waals surface area contributed by atoms with Crippen molar-refractivity contribution in [3.63, 3.8) is 0 Å². The molecule has 2 N–H and O–H groups in total. The number of likely N-dealkylation sites (tertiary alicyclic amines) is 2. The molecule has 1 saturated carbocycles. The number of nitrogens with one attached hydrogen (secondary N) is 2. The first-order chi connectivity index (χ1) is 15.2. The van der Waals surface area contributed by atoms with E-state index in [9.17, 15) is 4.79 Å². The number of nitrogens with zero attached hydrogens (tertiary/aromatic N) is 3. The van der Waals surface area contributed by atoms with Crippen molar-refractivity contribution < 1.29 is 4.79 Å². The zero-order valence-corrected chi connectivity index (χ0v) is 21.9. The number of amides is 1. The van der Waals surface area contributed by atoms with Gasteiger partial charge in [-0.15, -0.1) is 24.0 Å². The van der Waals surface area contributed by atoms with Crippen molar-refractivity contribution in [1.29, 1.82) is 0 Å². The van der Waals surface area contributed by atoms with Crippen molar-refractivity contribution in [2.45, 2.75) is 70.5 Å². The van der Waals surface area contributed by atoms with Crippen molar-refractivity contribution in [3.8, 4) is 0 Å². The number of aliphatic imine (C=N–C) groups is 1. The highest BCUT2D eigenvalue weighted by Crippen LogP contribution is 2.27. The molecule has 0 spiro atoms. The van der Waals surface area contributed by atoms with Gasteiger partial charge in [0, 0.05) is 45.2 Å². The van der Waals surface area contributed by atoms with Crippen LogP contribution in [0, 0.1) is 5.92 Å². The normalized spacial score (nSPS) is 22.6. The SMILES string of the molecule is CN=C(NCc1ccccc1CN1CCCCC1)NC1CCN(C(=O)C2CCCC2)C1.I. The molecule has 1 aromatic carbocycles. The van der Waals surface area contributed by atoms with Crippen LogP contribution in [0.5, 0.6) is 0 Å². The molecule has 1 atom stereocenters. The third-order valence-corrected chi connectivity index (χ3v) is 7.18.